The van der Waals surface area contributed by atoms with Crippen molar-refractivity contribution in [3.8, 4) is 0 Å². The Hall–Kier alpha value is -3.42. The quantitative estimate of drug-likeness (QED) is 0.452. The average Bonchev–Trinajstić information content (AvgIpc) is 2.74. The van der Waals surface area contributed by atoms with E-state index in [0.29, 0.717) is 5.69 Å². The van der Waals surface area contributed by atoms with Gasteiger partial charge in [0.15, 0.2) is 6.10 Å². The fourth-order valence-electron chi connectivity index (χ4n) is 3.15. The van der Waals surface area contributed by atoms with Crippen LogP contribution in [0.25, 0.3) is 0 Å². The van der Waals surface area contributed by atoms with E-state index in [9.17, 15) is 19.7 Å². The lowest BCUT2D eigenvalue weighted by atomic mass is 10.1. The van der Waals surface area contributed by atoms with Crippen molar-refractivity contribution in [3.05, 3.63) is 64.2 Å². The molecule has 1 aliphatic heterocycles. The number of hydrogen-bond acceptors (Lipinski definition) is 6. The van der Waals surface area contributed by atoms with Gasteiger partial charge in [-0.1, -0.05) is 0 Å². The molecule has 1 N–H and O–H groups in total. The molecule has 3 rings (SSSR count). The van der Waals surface area contributed by atoms with Crippen molar-refractivity contribution >= 4 is 28.9 Å². The second-order valence-electron chi connectivity index (χ2n) is 6.94. The molecule has 1 amide bonds. The number of ether oxygens (including phenoxy) is 1. The smallest absolute Gasteiger partial charge is 0.338 e. The minimum atomic E-state index is -1.01. The first-order valence-electron chi connectivity index (χ1n) is 9.55. The van der Waals surface area contributed by atoms with Crippen molar-refractivity contribution in [2.45, 2.75) is 32.3 Å². The molecule has 0 aromatic heterocycles. The van der Waals surface area contributed by atoms with Crippen molar-refractivity contribution in [3.63, 3.8) is 0 Å². The summed E-state index contributed by atoms with van der Waals surface area (Å²) in [7, 11) is 0. The molecule has 0 bridgehead atoms. The van der Waals surface area contributed by atoms with Crippen LogP contribution in [0.1, 0.15) is 36.5 Å². The van der Waals surface area contributed by atoms with Gasteiger partial charge in [0.25, 0.3) is 11.6 Å². The van der Waals surface area contributed by atoms with Crippen LogP contribution in [0.5, 0.6) is 0 Å². The Morgan fingerprint density at radius 3 is 2.24 bits per heavy atom. The van der Waals surface area contributed by atoms with Crippen LogP contribution in [0.4, 0.5) is 17.1 Å². The predicted octanol–water partition coefficient (Wildman–Crippen LogP) is 3.77. The molecule has 0 spiro atoms. The van der Waals surface area contributed by atoms with E-state index in [1.165, 1.54) is 50.5 Å². The molecule has 29 heavy (non-hydrogen) atoms. The van der Waals surface area contributed by atoms with Crippen LogP contribution in [-0.4, -0.2) is 36.0 Å². The van der Waals surface area contributed by atoms with Crippen LogP contribution < -0.4 is 10.2 Å². The molecular weight excluding hydrogens is 374 g/mol. The Morgan fingerprint density at radius 2 is 1.66 bits per heavy atom. The third kappa shape index (κ3) is 5.31. The number of nitrogens with zero attached hydrogens (tertiary/aromatic N) is 2. The number of benzene rings is 2. The molecule has 0 unspecified atom stereocenters. The molecule has 1 aliphatic rings. The number of anilines is 2. The van der Waals surface area contributed by atoms with Crippen LogP contribution in [-0.2, 0) is 9.53 Å². The molecule has 0 aliphatic carbocycles. The Labute approximate surface area is 168 Å². The maximum Gasteiger partial charge on any atom is 0.338 e. The van der Waals surface area contributed by atoms with E-state index in [2.05, 4.69) is 10.2 Å². The summed E-state index contributed by atoms with van der Waals surface area (Å²) in [5.41, 5.74) is 1.76. The van der Waals surface area contributed by atoms with E-state index >= 15 is 0 Å². The van der Waals surface area contributed by atoms with Crippen LogP contribution in [0, 0.1) is 10.1 Å². The van der Waals surface area contributed by atoms with Crippen molar-refractivity contribution in [2.24, 2.45) is 0 Å². The summed E-state index contributed by atoms with van der Waals surface area (Å²) >= 11 is 0. The SMILES string of the molecule is C[C@H](OC(=O)c1ccc([N+](=O)[O-])cc1)C(=O)Nc1ccc(N2CCCCC2)cc1. The Kier molecular flexibility index (Phi) is 6.43. The van der Waals surface area contributed by atoms with Gasteiger partial charge in [-0.2, -0.15) is 0 Å². The number of nitro benzene ring substituents is 1. The van der Waals surface area contributed by atoms with E-state index in [1.807, 2.05) is 24.3 Å². The molecule has 1 saturated heterocycles. The standard InChI is InChI=1S/C21H23N3O5/c1-15(29-21(26)16-5-9-19(10-6-16)24(27)28)20(25)22-17-7-11-18(12-8-17)23-13-3-2-4-14-23/h5-12,15H,2-4,13-14H2,1H3,(H,22,25)/t15-/m0/s1. The van der Waals surface area contributed by atoms with Gasteiger partial charge in [-0.25, -0.2) is 4.79 Å². The summed E-state index contributed by atoms with van der Waals surface area (Å²) in [6.07, 6.45) is 2.63. The lowest BCUT2D eigenvalue weighted by Gasteiger charge is -2.28. The summed E-state index contributed by atoms with van der Waals surface area (Å²) in [5.74, 6) is -1.17. The van der Waals surface area contributed by atoms with Crippen molar-refractivity contribution in [2.75, 3.05) is 23.3 Å². The summed E-state index contributed by atoms with van der Waals surface area (Å²) in [4.78, 5) is 36.9. The molecule has 2 aromatic carbocycles. The highest BCUT2D eigenvalue weighted by Gasteiger charge is 2.20. The number of rotatable bonds is 6. The number of nitrogens with one attached hydrogen (secondary N) is 1. The number of amides is 1. The van der Waals surface area contributed by atoms with Gasteiger partial charge in [0.05, 0.1) is 10.5 Å². The molecule has 0 saturated carbocycles. The van der Waals surface area contributed by atoms with Gasteiger partial charge in [0, 0.05) is 36.6 Å². The number of hydrogen-bond donors (Lipinski definition) is 1. The normalized spacial score (nSPS) is 14.7. The maximum absolute atomic E-state index is 12.3. The molecule has 8 heteroatoms. The highest BCUT2D eigenvalue weighted by molar-refractivity contribution is 5.97. The van der Waals surface area contributed by atoms with E-state index in [4.69, 9.17) is 4.74 Å². The fraction of sp³-hybridized carbons (Fsp3) is 0.333. The van der Waals surface area contributed by atoms with Crippen LogP contribution in [0.2, 0.25) is 0 Å². The van der Waals surface area contributed by atoms with Gasteiger partial charge in [0.1, 0.15) is 0 Å². The third-order valence-electron chi connectivity index (χ3n) is 4.82. The molecule has 2 aromatic rings. The number of esters is 1. The van der Waals surface area contributed by atoms with Gasteiger partial charge >= 0.3 is 5.97 Å². The van der Waals surface area contributed by atoms with Crippen LogP contribution in [0.15, 0.2) is 48.5 Å². The molecule has 1 atom stereocenters. The minimum Gasteiger partial charge on any atom is -0.449 e. The molecule has 152 valence electrons. The third-order valence-corrected chi connectivity index (χ3v) is 4.82. The first-order valence-corrected chi connectivity index (χ1v) is 9.55. The first-order chi connectivity index (χ1) is 13.9. The number of piperidine rings is 1. The van der Waals surface area contributed by atoms with Crippen molar-refractivity contribution in [1.82, 2.24) is 0 Å². The Balaban J connectivity index is 1.54. The Morgan fingerprint density at radius 1 is 1.03 bits per heavy atom. The van der Waals surface area contributed by atoms with Gasteiger partial charge in [-0.05, 0) is 62.6 Å². The van der Waals surface area contributed by atoms with E-state index < -0.39 is 22.9 Å². The number of carbonyl (C=O) groups is 2. The highest BCUT2D eigenvalue weighted by atomic mass is 16.6. The van der Waals surface area contributed by atoms with E-state index in [0.717, 1.165) is 18.8 Å². The number of carbonyl (C=O) groups excluding carboxylic acids is 2. The average molecular weight is 397 g/mol. The van der Waals surface area contributed by atoms with Gasteiger partial charge in [-0.15, -0.1) is 0 Å². The van der Waals surface area contributed by atoms with Crippen molar-refractivity contribution < 1.29 is 19.2 Å². The van der Waals surface area contributed by atoms with Gasteiger partial charge in [0.2, 0.25) is 0 Å². The monoisotopic (exact) mass is 397 g/mol. The summed E-state index contributed by atoms with van der Waals surface area (Å²) < 4.78 is 5.16. The topological polar surface area (TPSA) is 102 Å². The zero-order valence-corrected chi connectivity index (χ0v) is 16.2. The largest absolute Gasteiger partial charge is 0.449 e. The lowest BCUT2D eigenvalue weighted by molar-refractivity contribution is -0.384. The first kappa shape index (κ1) is 20.3. The second-order valence-corrected chi connectivity index (χ2v) is 6.94. The maximum atomic E-state index is 12.3. The van der Waals surface area contributed by atoms with Gasteiger partial charge < -0.3 is 15.0 Å². The molecule has 0 radical (unpaired) electrons. The predicted molar refractivity (Wildman–Crippen MR) is 109 cm³/mol. The summed E-state index contributed by atoms with van der Waals surface area (Å²) in [6.45, 7) is 3.56. The highest BCUT2D eigenvalue weighted by Crippen LogP contribution is 2.22. The molecule has 1 heterocycles. The summed E-state index contributed by atoms with van der Waals surface area (Å²) in [6, 6.07) is 12.6. The van der Waals surface area contributed by atoms with Crippen LogP contribution >= 0.6 is 0 Å². The minimum absolute atomic E-state index is 0.125. The Bertz CT molecular complexity index is 874. The summed E-state index contributed by atoms with van der Waals surface area (Å²) in [5, 5.41) is 13.4. The van der Waals surface area contributed by atoms with Gasteiger partial charge in [-0.3, -0.25) is 14.9 Å². The fourth-order valence-corrected chi connectivity index (χ4v) is 3.15. The number of non-ortho nitro benzene ring substituents is 1. The molecule has 1 fully saturated rings. The second kappa shape index (κ2) is 9.18. The molecule has 8 nitrogen and oxygen atoms in total. The van der Waals surface area contributed by atoms with Crippen molar-refractivity contribution in [1.29, 1.82) is 0 Å². The zero-order valence-electron chi connectivity index (χ0n) is 16.2. The van der Waals surface area contributed by atoms with E-state index in [1.54, 1.807) is 0 Å². The number of nitro groups is 1. The lowest BCUT2D eigenvalue weighted by Crippen LogP contribution is -2.30. The van der Waals surface area contributed by atoms with Crippen LogP contribution in [0.3, 0.4) is 0 Å². The molecular formula is C21H23N3O5. The van der Waals surface area contributed by atoms with E-state index in [-0.39, 0.29) is 11.3 Å². The zero-order chi connectivity index (χ0) is 20.8.